The van der Waals surface area contributed by atoms with Gasteiger partial charge in [-0.15, -0.1) is 0 Å². The Morgan fingerprint density at radius 3 is 2.73 bits per heavy atom. The van der Waals surface area contributed by atoms with Crippen LogP contribution in [0.4, 0.5) is 5.82 Å². The van der Waals surface area contributed by atoms with Gasteiger partial charge in [-0.25, -0.2) is 9.97 Å². The van der Waals surface area contributed by atoms with Crippen LogP contribution in [0.3, 0.4) is 0 Å². The molecule has 3 heterocycles. The van der Waals surface area contributed by atoms with Gasteiger partial charge in [-0.3, -0.25) is 14.7 Å². The first-order chi connectivity index (χ1) is 10.7. The summed E-state index contributed by atoms with van der Waals surface area (Å²) in [6, 6.07) is 3.84. The monoisotopic (exact) mass is 300 g/mol. The summed E-state index contributed by atoms with van der Waals surface area (Å²) < 4.78 is 0. The number of fused-ring (bicyclic) bond motifs is 1. The zero-order valence-electron chi connectivity index (χ0n) is 12.7. The van der Waals surface area contributed by atoms with Gasteiger partial charge in [-0.2, -0.15) is 0 Å². The molecular weight excluding hydrogens is 280 g/mol. The van der Waals surface area contributed by atoms with Gasteiger partial charge >= 0.3 is 0 Å². The third-order valence-electron chi connectivity index (χ3n) is 3.88. The summed E-state index contributed by atoms with van der Waals surface area (Å²) in [5.41, 5.74) is 1.45. The maximum Gasteiger partial charge on any atom is 0.219 e. The highest BCUT2D eigenvalue weighted by atomic mass is 16.2. The molecule has 2 aromatic rings. The molecule has 0 atom stereocenters. The van der Waals surface area contributed by atoms with Crippen LogP contribution in [0.1, 0.15) is 6.92 Å². The van der Waals surface area contributed by atoms with Crippen molar-refractivity contribution in [1.29, 1.82) is 0 Å². The van der Waals surface area contributed by atoms with Gasteiger partial charge in [0.15, 0.2) is 5.65 Å². The van der Waals surface area contributed by atoms with Gasteiger partial charge in [0.2, 0.25) is 5.91 Å². The van der Waals surface area contributed by atoms with Crippen LogP contribution < -0.4 is 5.32 Å². The third-order valence-corrected chi connectivity index (χ3v) is 3.88. The summed E-state index contributed by atoms with van der Waals surface area (Å²) in [5.74, 6) is 0.981. The Bertz CT molecular complexity index is 653. The molecule has 1 saturated heterocycles. The number of carbonyl (C=O) groups excluding carboxylic acids is 1. The predicted octanol–water partition coefficient (Wildman–Crippen LogP) is 0.601. The van der Waals surface area contributed by atoms with E-state index < -0.39 is 0 Å². The fraction of sp³-hybridized carbons (Fsp3) is 0.467. The minimum atomic E-state index is 0.166. The fourth-order valence-corrected chi connectivity index (χ4v) is 2.58. The van der Waals surface area contributed by atoms with E-state index in [1.165, 1.54) is 0 Å². The van der Waals surface area contributed by atoms with E-state index in [1.54, 1.807) is 19.3 Å². The molecule has 1 amide bonds. The van der Waals surface area contributed by atoms with E-state index in [-0.39, 0.29) is 5.91 Å². The Labute approximate surface area is 129 Å². The molecule has 0 saturated carbocycles. The lowest BCUT2D eigenvalue weighted by Crippen LogP contribution is -2.49. The highest BCUT2D eigenvalue weighted by Gasteiger charge is 2.17. The van der Waals surface area contributed by atoms with Crippen LogP contribution in [0.5, 0.6) is 0 Å². The highest BCUT2D eigenvalue weighted by Crippen LogP contribution is 2.10. The Kier molecular flexibility index (Phi) is 4.43. The average Bonchev–Trinajstić information content (AvgIpc) is 2.55. The van der Waals surface area contributed by atoms with Gasteiger partial charge in [-0.1, -0.05) is 0 Å². The van der Waals surface area contributed by atoms with Crippen LogP contribution in [-0.4, -0.2) is 69.9 Å². The molecule has 1 aliphatic heterocycles. The number of aromatic nitrogens is 3. The molecule has 22 heavy (non-hydrogen) atoms. The zero-order chi connectivity index (χ0) is 15.4. The van der Waals surface area contributed by atoms with Crippen LogP contribution >= 0.6 is 0 Å². The lowest BCUT2D eigenvalue weighted by atomic mass is 10.3. The fourth-order valence-electron chi connectivity index (χ4n) is 2.58. The molecule has 1 fully saturated rings. The van der Waals surface area contributed by atoms with Crippen LogP contribution in [0, 0.1) is 0 Å². The van der Waals surface area contributed by atoms with Crippen molar-refractivity contribution in [3.8, 4) is 0 Å². The van der Waals surface area contributed by atoms with Crippen molar-refractivity contribution >= 4 is 22.9 Å². The topological polar surface area (TPSA) is 74.2 Å². The molecule has 7 nitrogen and oxygen atoms in total. The number of nitrogens with one attached hydrogen (secondary N) is 1. The SMILES string of the molecule is CC(=O)N1CCN(CCNc2ccc3nccnc3n2)CC1. The number of nitrogens with zero attached hydrogens (tertiary/aromatic N) is 5. The van der Waals surface area contributed by atoms with Gasteiger partial charge in [0.25, 0.3) is 0 Å². The molecule has 0 unspecified atom stereocenters. The number of pyridine rings is 1. The van der Waals surface area contributed by atoms with Crippen molar-refractivity contribution in [2.75, 3.05) is 44.6 Å². The predicted molar refractivity (Wildman–Crippen MR) is 84.5 cm³/mol. The smallest absolute Gasteiger partial charge is 0.219 e. The normalized spacial score (nSPS) is 16.0. The molecule has 0 bridgehead atoms. The molecule has 0 aliphatic carbocycles. The molecule has 7 heteroatoms. The Hall–Kier alpha value is -2.28. The van der Waals surface area contributed by atoms with E-state index in [0.717, 1.165) is 50.6 Å². The molecule has 1 N–H and O–H groups in total. The van der Waals surface area contributed by atoms with Gasteiger partial charge in [0.05, 0.1) is 0 Å². The van der Waals surface area contributed by atoms with Crippen molar-refractivity contribution in [2.24, 2.45) is 0 Å². The van der Waals surface area contributed by atoms with Crippen LogP contribution in [0.15, 0.2) is 24.5 Å². The van der Waals surface area contributed by atoms with Crippen molar-refractivity contribution in [3.05, 3.63) is 24.5 Å². The van der Waals surface area contributed by atoms with Crippen molar-refractivity contribution in [2.45, 2.75) is 6.92 Å². The van der Waals surface area contributed by atoms with Gasteiger partial charge < -0.3 is 10.2 Å². The lowest BCUT2D eigenvalue weighted by molar-refractivity contribution is -0.130. The molecule has 116 valence electrons. The Morgan fingerprint density at radius 2 is 1.95 bits per heavy atom. The second-order valence-electron chi connectivity index (χ2n) is 5.37. The number of piperazine rings is 1. The van der Waals surface area contributed by atoms with E-state index in [9.17, 15) is 4.79 Å². The number of hydrogen-bond donors (Lipinski definition) is 1. The number of rotatable bonds is 4. The van der Waals surface area contributed by atoms with E-state index in [2.05, 4.69) is 25.2 Å². The van der Waals surface area contributed by atoms with Crippen molar-refractivity contribution < 1.29 is 4.79 Å². The minimum Gasteiger partial charge on any atom is -0.369 e. The van der Waals surface area contributed by atoms with Gasteiger partial charge in [0.1, 0.15) is 11.3 Å². The average molecular weight is 300 g/mol. The number of amides is 1. The second-order valence-corrected chi connectivity index (χ2v) is 5.37. The van der Waals surface area contributed by atoms with Crippen LogP contribution in [-0.2, 0) is 4.79 Å². The number of hydrogen-bond acceptors (Lipinski definition) is 6. The molecule has 0 spiro atoms. The molecule has 2 aromatic heterocycles. The summed E-state index contributed by atoms with van der Waals surface area (Å²) in [4.78, 5) is 28.4. The minimum absolute atomic E-state index is 0.166. The second kappa shape index (κ2) is 6.65. The first-order valence-corrected chi connectivity index (χ1v) is 7.52. The summed E-state index contributed by atoms with van der Waals surface area (Å²) in [7, 11) is 0. The summed E-state index contributed by atoms with van der Waals surface area (Å²) >= 11 is 0. The quantitative estimate of drug-likeness (QED) is 0.891. The van der Waals surface area contributed by atoms with Gasteiger partial charge in [-0.05, 0) is 12.1 Å². The Morgan fingerprint density at radius 1 is 1.18 bits per heavy atom. The van der Waals surface area contributed by atoms with Crippen LogP contribution in [0.25, 0.3) is 11.2 Å². The lowest BCUT2D eigenvalue weighted by Gasteiger charge is -2.34. The largest absolute Gasteiger partial charge is 0.369 e. The highest BCUT2D eigenvalue weighted by molar-refractivity contribution is 5.73. The van der Waals surface area contributed by atoms with Crippen molar-refractivity contribution in [3.63, 3.8) is 0 Å². The van der Waals surface area contributed by atoms with Gasteiger partial charge in [0, 0.05) is 58.6 Å². The van der Waals surface area contributed by atoms with Crippen molar-refractivity contribution in [1.82, 2.24) is 24.8 Å². The molecular formula is C15H20N6O. The first kappa shape index (κ1) is 14.6. The van der Waals surface area contributed by atoms with Crippen LogP contribution in [0.2, 0.25) is 0 Å². The number of carbonyl (C=O) groups is 1. The maximum atomic E-state index is 11.3. The summed E-state index contributed by atoms with van der Waals surface area (Å²) in [6.45, 7) is 6.88. The van der Waals surface area contributed by atoms with E-state index in [4.69, 9.17) is 0 Å². The summed E-state index contributed by atoms with van der Waals surface area (Å²) in [6.07, 6.45) is 3.31. The maximum absolute atomic E-state index is 11.3. The zero-order valence-corrected chi connectivity index (χ0v) is 12.7. The molecule has 1 aliphatic rings. The number of anilines is 1. The van der Waals surface area contributed by atoms with E-state index in [1.807, 2.05) is 17.0 Å². The molecule has 0 aromatic carbocycles. The standard InChI is InChI=1S/C15H20N6O/c1-12(22)21-10-8-20(9-11-21)7-6-17-14-3-2-13-15(19-14)18-5-4-16-13/h2-5H,6-11H2,1H3,(H,17,18,19). The first-order valence-electron chi connectivity index (χ1n) is 7.52. The molecule has 3 rings (SSSR count). The Balaban J connectivity index is 1.47. The summed E-state index contributed by atoms with van der Waals surface area (Å²) in [5, 5.41) is 3.32. The van der Waals surface area contributed by atoms with E-state index in [0.29, 0.717) is 5.65 Å². The van der Waals surface area contributed by atoms with E-state index >= 15 is 0 Å². The third kappa shape index (κ3) is 3.48. The molecule has 0 radical (unpaired) electrons.